The molecule has 0 spiro atoms. The van der Waals surface area contributed by atoms with E-state index in [9.17, 15) is 4.79 Å². The number of oxazole rings is 1. The first-order valence-corrected chi connectivity index (χ1v) is 9.59. The van der Waals surface area contributed by atoms with Crippen LogP contribution in [0.3, 0.4) is 0 Å². The van der Waals surface area contributed by atoms with Gasteiger partial charge < -0.3 is 4.42 Å². The first-order chi connectivity index (χ1) is 13.1. The molecule has 0 aliphatic heterocycles. The van der Waals surface area contributed by atoms with E-state index in [0.717, 1.165) is 43.2 Å². The lowest BCUT2D eigenvalue weighted by atomic mass is 10.00. The Labute approximate surface area is 160 Å². The van der Waals surface area contributed by atoms with Crippen LogP contribution in [0.25, 0.3) is 27.2 Å². The van der Waals surface area contributed by atoms with Gasteiger partial charge in [-0.25, -0.2) is 0 Å². The molecule has 4 nitrogen and oxygen atoms in total. The highest BCUT2D eigenvalue weighted by Gasteiger charge is 2.28. The number of thiazole rings is 1. The zero-order valence-corrected chi connectivity index (χ0v) is 15.8. The number of carbonyl (C=O) groups is 1. The Morgan fingerprint density at radius 1 is 1.04 bits per heavy atom. The number of allylic oxidation sites excluding steroid dienone is 1. The fourth-order valence-corrected chi connectivity index (χ4v) is 4.41. The molecular weight excluding hydrogens is 356 g/mol. The lowest BCUT2D eigenvalue weighted by Crippen LogP contribution is -1.98. The van der Waals surface area contributed by atoms with Crippen LogP contribution in [0.4, 0.5) is 0 Å². The van der Waals surface area contributed by atoms with Crippen LogP contribution in [-0.4, -0.2) is 15.8 Å². The van der Waals surface area contributed by atoms with Crippen LogP contribution in [0.1, 0.15) is 32.9 Å². The van der Waals surface area contributed by atoms with Gasteiger partial charge >= 0.3 is 0 Å². The summed E-state index contributed by atoms with van der Waals surface area (Å²) in [6.45, 7) is 4.03. The minimum Gasteiger partial charge on any atom is -0.417 e. The van der Waals surface area contributed by atoms with Gasteiger partial charge in [-0.3, -0.25) is 4.79 Å². The highest BCUT2D eigenvalue weighted by Crippen LogP contribution is 2.34. The van der Waals surface area contributed by atoms with Gasteiger partial charge in [0, 0.05) is 29.2 Å². The summed E-state index contributed by atoms with van der Waals surface area (Å²) in [4.78, 5) is 22.6. The molecule has 0 fully saturated rings. The van der Waals surface area contributed by atoms with Gasteiger partial charge in [-0.15, -0.1) is 0 Å². The third-order valence-electron chi connectivity index (χ3n) is 4.95. The highest BCUT2D eigenvalue weighted by atomic mass is 32.1. The Morgan fingerprint density at radius 3 is 2.56 bits per heavy atom. The van der Waals surface area contributed by atoms with Crippen LogP contribution >= 0.6 is 11.3 Å². The number of carbonyl (C=O) groups excluding carboxylic acids is 1. The van der Waals surface area contributed by atoms with Crippen molar-refractivity contribution < 1.29 is 9.21 Å². The number of benzene rings is 2. The second-order valence-electron chi connectivity index (χ2n) is 6.78. The topological polar surface area (TPSA) is 56.0 Å². The zero-order chi connectivity index (χ0) is 18.5. The lowest BCUT2D eigenvalue weighted by Gasteiger charge is -2.04. The number of nitrogens with zero attached hydrogens (tertiary/aromatic N) is 2. The van der Waals surface area contributed by atoms with E-state index in [1.54, 1.807) is 6.08 Å². The molecule has 0 atom stereocenters. The monoisotopic (exact) mass is 372 g/mol. The van der Waals surface area contributed by atoms with Gasteiger partial charge in [0.15, 0.2) is 10.6 Å². The molecule has 5 rings (SSSR count). The van der Waals surface area contributed by atoms with E-state index in [1.165, 1.54) is 11.3 Å². The van der Waals surface area contributed by atoms with Crippen molar-refractivity contribution in [2.24, 2.45) is 0 Å². The minimum absolute atomic E-state index is 0.0747. The second kappa shape index (κ2) is 5.99. The molecule has 1 aliphatic rings. The molecule has 4 aromatic rings. The highest BCUT2D eigenvalue weighted by molar-refractivity contribution is 7.21. The molecule has 0 N–H and O–H groups in total. The van der Waals surface area contributed by atoms with Gasteiger partial charge in [0.25, 0.3) is 5.71 Å². The van der Waals surface area contributed by atoms with Crippen molar-refractivity contribution in [3.05, 3.63) is 76.2 Å². The molecular formula is C22H16N2O2S. The molecule has 0 radical (unpaired) electrons. The zero-order valence-electron chi connectivity index (χ0n) is 14.9. The summed E-state index contributed by atoms with van der Waals surface area (Å²) in [6.07, 6.45) is 2.39. The average molecular weight is 372 g/mol. The Balaban J connectivity index is 1.50. The summed E-state index contributed by atoms with van der Waals surface area (Å²) >= 11 is 1.49. The molecule has 0 bridgehead atoms. The summed E-state index contributed by atoms with van der Waals surface area (Å²) in [7, 11) is 0. The number of aromatic nitrogens is 2. The van der Waals surface area contributed by atoms with E-state index in [0.29, 0.717) is 18.0 Å². The van der Waals surface area contributed by atoms with Crippen molar-refractivity contribution in [2.75, 3.05) is 0 Å². The Kier molecular flexibility index (Phi) is 3.58. The van der Waals surface area contributed by atoms with Crippen molar-refractivity contribution in [3.63, 3.8) is 0 Å². The number of Topliss-reactive ketones (excluding diaryl/α,β-unsaturated/α-hetero) is 1. The summed E-state index contributed by atoms with van der Waals surface area (Å²) in [5.41, 5.74) is 6.40. The third kappa shape index (κ3) is 2.62. The van der Waals surface area contributed by atoms with E-state index in [2.05, 4.69) is 16.0 Å². The summed E-state index contributed by atoms with van der Waals surface area (Å²) < 4.78 is 5.80. The number of rotatable bonds is 2. The van der Waals surface area contributed by atoms with E-state index < -0.39 is 0 Å². The largest absolute Gasteiger partial charge is 0.417 e. The van der Waals surface area contributed by atoms with Gasteiger partial charge in [-0.05, 0) is 30.5 Å². The number of fused-ring (bicyclic) bond motifs is 2. The van der Waals surface area contributed by atoms with Crippen LogP contribution in [-0.2, 0) is 6.42 Å². The molecule has 27 heavy (non-hydrogen) atoms. The predicted molar refractivity (Wildman–Crippen MR) is 107 cm³/mol. The van der Waals surface area contributed by atoms with Gasteiger partial charge in [0.2, 0.25) is 5.89 Å². The summed E-state index contributed by atoms with van der Waals surface area (Å²) in [5, 5.41) is 0.881. The molecule has 2 heterocycles. The number of aryl methyl sites for hydroxylation is 2. The standard InChI is InChI=1S/C22H16N2O2S/c1-12-8-9-13(2)18-16(12)10-15(19(18)25)11-17-23-22-20(26-17)24-21(27-22)14-6-4-3-5-7-14/h3-9,11H,10H2,1-2H3/b15-11+. The molecule has 132 valence electrons. The number of hydrogen-bond acceptors (Lipinski definition) is 5. The quantitative estimate of drug-likeness (QED) is 0.443. The van der Waals surface area contributed by atoms with Crippen LogP contribution in [0.5, 0.6) is 0 Å². The maximum absolute atomic E-state index is 12.8. The molecule has 0 unspecified atom stereocenters. The first-order valence-electron chi connectivity index (χ1n) is 8.77. The first kappa shape index (κ1) is 16.1. The predicted octanol–water partition coefficient (Wildman–Crippen LogP) is 5.39. The summed E-state index contributed by atoms with van der Waals surface area (Å²) in [6, 6.07) is 14.0. The number of ketones is 1. The normalized spacial score (nSPS) is 15.0. The molecule has 5 heteroatoms. The van der Waals surface area contributed by atoms with Crippen LogP contribution in [0.15, 0.2) is 52.5 Å². The Hall–Kier alpha value is -3.05. The molecule has 0 amide bonds. The molecule has 0 saturated carbocycles. The second-order valence-corrected chi connectivity index (χ2v) is 7.75. The van der Waals surface area contributed by atoms with Crippen LogP contribution < -0.4 is 0 Å². The molecule has 2 aromatic carbocycles. The smallest absolute Gasteiger partial charge is 0.259 e. The van der Waals surface area contributed by atoms with Gasteiger partial charge in [-0.1, -0.05) is 53.8 Å². The maximum atomic E-state index is 12.8. The molecule has 1 aliphatic carbocycles. The van der Waals surface area contributed by atoms with Crippen LogP contribution in [0.2, 0.25) is 0 Å². The number of hydrogen-bond donors (Lipinski definition) is 0. The van der Waals surface area contributed by atoms with E-state index in [4.69, 9.17) is 4.42 Å². The van der Waals surface area contributed by atoms with Crippen LogP contribution in [0, 0.1) is 13.8 Å². The average Bonchev–Trinajstić information content (AvgIpc) is 3.32. The van der Waals surface area contributed by atoms with E-state index in [-0.39, 0.29) is 5.78 Å². The SMILES string of the molecule is Cc1ccc(C)c2c1C/C(=C\c1nc3sc(-c4ccccc4)nc3o1)C2=O. The van der Waals surface area contributed by atoms with E-state index >= 15 is 0 Å². The fourth-order valence-electron chi connectivity index (χ4n) is 3.53. The van der Waals surface area contributed by atoms with Crippen molar-refractivity contribution >= 4 is 33.7 Å². The Morgan fingerprint density at radius 2 is 1.81 bits per heavy atom. The van der Waals surface area contributed by atoms with Gasteiger partial charge in [-0.2, -0.15) is 9.97 Å². The minimum atomic E-state index is 0.0747. The third-order valence-corrected chi connectivity index (χ3v) is 5.93. The summed E-state index contributed by atoms with van der Waals surface area (Å²) in [5.74, 6) is 0.514. The lowest BCUT2D eigenvalue weighted by molar-refractivity contribution is 0.104. The maximum Gasteiger partial charge on any atom is 0.259 e. The van der Waals surface area contributed by atoms with E-state index in [1.807, 2.05) is 50.2 Å². The molecule has 2 aromatic heterocycles. The molecule has 0 saturated heterocycles. The van der Waals surface area contributed by atoms with Crippen molar-refractivity contribution in [1.29, 1.82) is 0 Å². The van der Waals surface area contributed by atoms with Crippen molar-refractivity contribution in [1.82, 2.24) is 9.97 Å². The fraction of sp³-hybridized carbons (Fsp3) is 0.136. The Bertz CT molecular complexity index is 1200. The van der Waals surface area contributed by atoms with Gasteiger partial charge in [0.05, 0.1) is 0 Å². The van der Waals surface area contributed by atoms with Crippen molar-refractivity contribution in [2.45, 2.75) is 20.3 Å². The van der Waals surface area contributed by atoms with Gasteiger partial charge in [0.1, 0.15) is 5.01 Å². The van der Waals surface area contributed by atoms with Crippen molar-refractivity contribution in [3.8, 4) is 10.6 Å².